The normalized spacial score (nSPS) is 13.1. The van der Waals surface area contributed by atoms with Crippen LogP contribution in [0.4, 0.5) is 0 Å². The van der Waals surface area contributed by atoms with E-state index in [1.54, 1.807) is 0 Å². The molecule has 17 heavy (non-hydrogen) atoms. The molecule has 0 aromatic carbocycles. The highest BCUT2D eigenvalue weighted by atomic mass is 16.4. The average molecular weight is 238 g/mol. The molecule has 3 N–H and O–H groups in total. The third-order valence-electron chi connectivity index (χ3n) is 2.98. The summed E-state index contributed by atoms with van der Waals surface area (Å²) in [5, 5.41) is 8.82. The summed E-state index contributed by atoms with van der Waals surface area (Å²) in [5.41, 5.74) is 8.91. The molecular weight excluding hydrogens is 216 g/mol. The van der Waals surface area contributed by atoms with Crippen LogP contribution in [0.25, 0.3) is 0 Å². The Labute approximate surface area is 102 Å². The Balaban J connectivity index is 2.92. The van der Waals surface area contributed by atoms with Gasteiger partial charge in [-0.3, -0.25) is 4.79 Å². The lowest BCUT2D eigenvalue weighted by Crippen LogP contribution is -2.32. The topological polar surface area (TPSA) is 68.2 Å². The lowest BCUT2D eigenvalue weighted by atomic mass is 10.1. The maximum Gasteiger partial charge on any atom is 0.320 e. The van der Waals surface area contributed by atoms with E-state index in [1.165, 1.54) is 5.69 Å². The van der Waals surface area contributed by atoms with Crippen LogP contribution in [0.5, 0.6) is 0 Å². The Morgan fingerprint density at radius 2 is 2.06 bits per heavy atom. The molecule has 0 radical (unpaired) electrons. The van der Waals surface area contributed by atoms with E-state index >= 15 is 0 Å². The predicted octanol–water partition coefficient (Wildman–Crippen LogP) is 1.72. The third-order valence-corrected chi connectivity index (χ3v) is 2.98. The molecule has 0 aliphatic carbocycles. The van der Waals surface area contributed by atoms with Crippen LogP contribution in [0.1, 0.15) is 30.8 Å². The van der Waals surface area contributed by atoms with Crippen LogP contribution in [0.15, 0.2) is 6.07 Å². The third kappa shape index (κ3) is 3.33. The number of carbonyl (C=O) groups is 1. The van der Waals surface area contributed by atoms with Gasteiger partial charge in [0.15, 0.2) is 0 Å². The van der Waals surface area contributed by atoms with E-state index in [2.05, 4.69) is 18.4 Å². The molecule has 1 aromatic heterocycles. The molecule has 0 spiro atoms. The molecule has 1 atom stereocenters. The second-order valence-electron chi connectivity index (χ2n) is 5.05. The minimum Gasteiger partial charge on any atom is -0.480 e. The minimum absolute atomic E-state index is 0.396. The number of rotatable bonds is 5. The van der Waals surface area contributed by atoms with Crippen molar-refractivity contribution in [2.45, 2.75) is 46.7 Å². The van der Waals surface area contributed by atoms with E-state index in [-0.39, 0.29) is 0 Å². The van der Waals surface area contributed by atoms with Crippen LogP contribution >= 0.6 is 0 Å². The van der Waals surface area contributed by atoms with Gasteiger partial charge in [-0.25, -0.2) is 0 Å². The van der Waals surface area contributed by atoms with Gasteiger partial charge in [-0.15, -0.1) is 0 Å². The highest BCUT2D eigenvalue weighted by molar-refractivity contribution is 5.73. The van der Waals surface area contributed by atoms with Crippen LogP contribution < -0.4 is 5.73 Å². The fraction of sp³-hybridized carbons (Fsp3) is 0.615. The van der Waals surface area contributed by atoms with Crippen molar-refractivity contribution in [2.75, 3.05) is 0 Å². The van der Waals surface area contributed by atoms with E-state index < -0.39 is 12.0 Å². The molecule has 4 heteroatoms. The highest BCUT2D eigenvalue weighted by Gasteiger charge is 2.17. The molecule has 0 amide bonds. The first-order chi connectivity index (χ1) is 7.82. The fourth-order valence-corrected chi connectivity index (χ4v) is 2.05. The van der Waals surface area contributed by atoms with Gasteiger partial charge >= 0.3 is 5.97 Å². The van der Waals surface area contributed by atoms with Gasteiger partial charge in [0, 0.05) is 17.9 Å². The number of aromatic nitrogens is 1. The van der Waals surface area contributed by atoms with Crippen molar-refractivity contribution < 1.29 is 9.90 Å². The number of carboxylic acids is 1. The van der Waals surface area contributed by atoms with Crippen molar-refractivity contribution in [1.29, 1.82) is 0 Å². The summed E-state index contributed by atoms with van der Waals surface area (Å²) in [4.78, 5) is 10.8. The van der Waals surface area contributed by atoms with Gasteiger partial charge in [-0.05, 0) is 37.8 Å². The minimum atomic E-state index is -0.946. The molecule has 1 unspecified atom stereocenters. The van der Waals surface area contributed by atoms with Crippen molar-refractivity contribution in [2.24, 2.45) is 11.7 Å². The largest absolute Gasteiger partial charge is 0.480 e. The molecule has 4 nitrogen and oxygen atoms in total. The zero-order valence-corrected chi connectivity index (χ0v) is 11.0. The number of aryl methyl sites for hydroxylation is 1. The van der Waals surface area contributed by atoms with Gasteiger partial charge in [0.05, 0.1) is 0 Å². The van der Waals surface area contributed by atoms with Crippen molar-refractivity contribution in [3.05, 3.63) is 23.0 Å². The Kier molecular flexibility index (Phi) is 4.34. The number of carboxylic acid groups (broad SMARTS) is 1. The summed E-state index contributed by atoms with van der Waals surface area (Å²) in [5.74, 6) is -0.376. The SMILES string of the molecule is Cc1cc(CC(N)C(=O)O)c(C)n1CC(C)C. The fourth-order valence-electron chi connectivity index (χ4n) is 2.05. The number of hydrogen-bond donors (Lipinski definition) is 2. The first-order valence-corrected chi connectivity index (χ1v) is 5.97. The molecule has 0 fully saturated rings. The van der Waals surface area contributed by atoms with E-state index in [0.717, 1.165) is 17.8 Å². The summed E-state index contributed by atoms with van der Waals surface area (Å²) < 4.78 is 2.23. The van der Waals surface area contributed by atoms with E-state index in [9.17, 15) is 4.79 Å². The van der Waals surface area contributed by atoms with Gasteiger partial charge in [-0.1, -0.05) is 13.8 Å². The van der Waals surface area contributed by atoms with Crippen LogP contribution in [-0.4, -0.2) is 21.7 Å². The van der Waals surface area contributed by atoms with Gasteiger partial charge in [0.1, 0.15) is 6.04 Å². The van der Waals surface area contributed by atoms with Gasteiger partial charge in [0.2, 0.25) is 0 Å². The maximum atomic E-state index is 10.8. The van der Waals surface area contributed by atoms with Gasteiger partial charge in [0.25, 0.3) is 0 Å². The summed E-state index contributed by atoms with van der Waals surface area (Å²) in [6.45, 7) is 9.37. The van der Waals surface area contributed by atoms with Crippen molar-refractivity contribution in [1.82, 2.24) is 4.57 Å². The highest BCUT2D eigenvalue weighted by Crippen LogP contribution is 2.18. The maximum absolute atomic E-state index is 10.8. The molecule has 0 aliphatic rings. The molecule has 0 bridgehead atoms. The zero-order chi connectivity index (χ0) is 13.2. The van der Waals surface area contributed by atoms with Crippen LogP contribution in [-0.2, 0) is 17.8 Å². The zero-order valence-electron chi connectivity index (χ0n) is 11.0. The molecule has 0 aliphatic heterocycles. The second-order valence-corrected chi connectivity index (χ2v) is 5.05. The summed E-state index contributed by atoms with van der Waals surface area (Å²) in [6.07, 6.45) is 0.396. The van der Waals surface area contributed by atoms with Crippen LogP contribution in [0, 0.1) is 19.8 Å². The Morgan fingerprint density at radius 1 is 1.47 bits per heavy atom. The van der Waals surface area contributed by atoms with E-state index in [1.807, 2.05) is 19.9 Å². The Hall–Kier alpha value is -1.29. The average Bonchev–Trinajstić information content (AvgIpc) is 2.45. The van der Waals surface area contributed by atoms with Crippen molar-refractivity contribution >= 4 is 5.97 Å². The first kappa shape index (κ1) is 13.8. The summed E-state index contributed by atoms with van der Waals surface area (Å²) in [6, 6.07) is 1.23. The van der Waals surface area contributed by atoms with Gasteiger partial charge < -0.3 is 15.4 Å². The quantitative estimate of drug-likeness (QED) is 0.820. The molecule has 0 saturated carbocycles. The van der Waals surface area contributed by atoms with E-state index in [0.29, 0.717) is 12.3 Å². The second kappa shape index (κ2) is 5.36. The first-order valence-electron chi connectivity index (χ1n) is 5.97. The number of nitrogens with zero attached hydrogens (tertiary/aromatic N) is 1. The molecule has 96 valence electrons. The lowest BCUT2D eigenvalue weighted by Gasteiger charge is -2.13. The summed E-state index contributed by atoms with van der Waals surface area (Å²) in [7, 11) is 0. The molecular formula is C13H22N2O2. The number of nitrogens with two attached hydrogens (primary N) is 1. The Bertz CT molecular complexity index is 408. The smallest absolute Gasteiger partial charge is 0.320 e. The predicted molar refractivity (Wildman–Crippen MR) is 68.1 cm³/mol. The van der Waals surface area contributed by atoms with Gasteiger partial charge in [-0.2, -0.15) is 0 Å². The van der Waals surface area contributed by atoms with Crippen LogP contribution in [0.3, 0.4) is 0 Å². The lowest BCUT2D eigenvalue weighted by molar-refractivity contribution is -0.138. The number of aliphatic carboxylic acids is 1. The molecule has 0 saturated heterocycles. The van der Waals surface area contributed by atoms with Crippen molar-refractivity contribution in [3.8, 4) is 0 Å². The van der Waals surface area contributed by atoms with E-state index in [4.69, 9.17) is 10.8 Å². The molecule has 1 rings (SSSR count). The summed E-state index contributed by atoms with van der Waals surface area (Å²) >= 11 is 0. The Morgan fingerprint density at radius 3 is 2.53 bits per heavy atom. The monoisotopic (exact) mass is 238 g/mol. The van der Waals surface area contributed by atoms with Crippen molar-refractivity contribution in [3.63, 3.8) is 0 Å². The standard InChI is InChI=1S/C13H22N2O2/c1-8(2)7-15-9(3)5-11(10(15)4)6-12(14)13(16)17/h5,8,12H,6-7,14H2,1-4H3,(H,16,17). The molecule has 1 heterocycles. The van der Waals surface area contributed by atoms with Crippen LogP contribution in [0.2, 0.25) is 0 Å². The number of hydrogen-bond acceptors (Lipinski definition) is 2. The molecule has 1 aromatic rings.